The van der Waals surface area contributed by atoms with Gasteiger partial charge in [0.05, 0.1) is 5.69 Å². The second-order valence-electron chi connectivity index (χ2n) is 5.07. The first-order valence-electron chi connectivity index (χ1n) is 6.44. The number of carbonyl (C=O) groups excluding carboxylic acids is 2. The van der Waals surface area contributed by atoms with Gasteiger partial charge in [-0.3, -0.25) is 14.9 Å². The Morgan fingerprint density at radius 2 is 1.86 bits per heavy atom. The second kappa shape index (κ2) is 5.45. The van der Waals surface area contributed by atoms with Crippen molar-refractivity contribution in [3.05, 3.63) is 23.3 Å². The van der Waals surface area contributed by atoms with E-state index in [0.717, 1.165) is 0 Å². The third-order valence-electron chi connectivity index (χ3n) is 3.42. The zero-order valence-corrected chi connectivity index (χ0v) is 12.6. The molecule has 0 saturated carbocycles. The molecule has 1 saturated heterocycles. The average molecular weight is 311 g/mol. The Balaban J connectivity index is 2.34. The van der Waals surface area contributed by atoms with Crippen molar-refractivity contribution < 1.29 is 18.0 Å². The highest BCUT2D eigenvalue weighted by Crippen LogP contribution is 2.26. The largest absolute Gasteiger partial charge is 0.397 e. The maximum atomic E-state index is 12.5. The van der Waals surface area contributed by atoms with Crippen LogP contribution in [0.5, 0.6) is 0 Å². The van der Waals surface area contributed by atoms with Gasteiger partial charge in [0.1, 0.15) is 10.9 Å². The number of hydrogen-bond donors (Lipinski definition) is 3. The first kappa shape index (κ1) is 15.5. The van der Waals surface area contributed by atoms with Crippen LogP contribution in [0.4, 0.5) is 5.69 Å². The molecule has 1 aromatic carbocycles. The smallest absolute Gasteiger partial charge is 0.244 e. The van der Waals surface area contributed by atoms with Gasteiger partial charge in [0.15, 0.2) is 0 Å². The van der Waals surface area contributed by atoms with Crippen LogP contribution >= 0.6 is 0 Å². The molecule has 4 N–H and O–H groups in total. The highest BCUT2D eigenvalue weighted by atomic mass is 32.2. The van der Waals surface area contributed by atoms with Crippen LogP contribution < -0.4 is 15.8 Å². The van der Waals surface area contributed by atoms with Gasteiger partial charge in [-0.15, -0.1) is 0 Å². The zero-order valence-electron chi connectivity index (χ0n) is 11.8. The number of sulfonamides is 1. The highest BCUT2D eigenvalue weighted by molar-refractivity contribution is 7.89. The quantitative estimate of drug-likeness (QED) is 0.535. The third-order valence-corrected chi connectivity index (χ3v) is 5.09. The highest BCUT2D eigenvalue weighted by Gasteiger charge is 2.32. The van der Waals surface area contributed by atoms with Crippen molar-refractivity contribution in [1.29, 1.82) is 0 Å². The number of rotatable bonds is 3. The van der Waals surface area contributed by atoms with E-state index < -0.39 is 27.9 Å². The minimum atomic E-state index is -3.94. The summed E-state index contributed by atoms with van der Waals surface area (Å²) in [4.78, 5) is 22.7. The molecule has 2 amide bonds. The summed E-state index contributed by atoms with van der Waals surface area (Å²) in [5.74, 6) is -1.04. The average Bonchev–Trinajstić information content (AvgIpc) is 2.37. The molecule has 1 aliphatic heterocycles. The van der Waals surface area contributed by atoms with Crippen LogP contribution in [0, 0.1) is 13.8 Å². The number of amides is 2. The fourth-order valence-corrected chi connectivity index (χ4v) is 3.88. The number of nitrogens with two attached hydrogens (primary N) is 1. The van der Waals surface area contributed by atoms with Crippen LogP contribution in [0.3, 0.4) is 0 Å². The van der Waals surface area contributed by atoms with E-state index in [1.807, 2.05) is 0 Å². The van der Waals surface area contributed by atoms with Crippen molar-refractivity contribution in [3.8, 4) is 0 Å². The Morgan fingerprint density at radius 3 is 2.48 bits per heavy atom. The molecule has 7 nitrogen and oxygen atoms in total. The van der Waals surface area contributed by atoms with Crippen LogP contribution in [-0.2, 0) is 19.6 Å². The summed E-state index contributed by atoms with van der Waals surface area (Å²) in [6.45, 7) is 3.34. The van der Waals surface area contributed by atoms with Crippen molar-refractivity contribution in [2.24, 2.45) is 0 Å². The van der Waals surface area contributed by atoms with E-state index in [4.69, 9.17) is 5.73 Å². The van der Waals surface area contributed by atoms with Gasteiger partial charge < -0.3 is 5.73 Å². The lowest BCUT2D eigenvalue weighted by molar-refractivity contribution is -0.134. The van der Waals surface area contributed by atoms with E-state index >= 15 is 0 Å². The summed E-state index contributed by atoms with van der Waals surface area (Å²) in [7, 11) is -3.94. The van der Waals surface area contributed by atoms with E-state index in [1.165, 1.54) is 0 Å². The molecule has 0 radical (unpaired) electrons. The Labute approximate surface area is 123 Å². The molecular formula is C13H17N3O4S. The molecule has 0 aromatic heterocycles. The Morgan fingerprint density at radius 1 is 1.24 bits per heavy atom. The molecule has 0 bridgehead atoms. The number of carbonyl (C=O) groups is 2. The Bertz CT molecular complexity index is 712. The standard InChI is InChI=1S/C13H17N3O4S/c1-7-3-4-8(2)12(11(7)14)21(19,20)16-9-5-6-10(17)15-13(9)18/h3-4,9,16H,5-6,14H2,1-2H3,(H,15,17,18). The summed E-state index contributed by atoms with van der Waals surface area (Å²) >= 11 is 0. The lowest BCUT2D eigenvalue weighted by Gasteiger charge is -2.22. The van der Waals surface area contributed by atoms with Crippen molar-refractivity contribution in [2.75, 3.05) is 5.73 Å². The van der Waals surface area contributed by atoms with Gasteiger partial charge >= 0.3 is 0 Å². The maximum absolute atomic E-state index is 12.5. The SMILES string of the molecule is Cc1ccc(C)c(S(=O)(=O)NC2CCC(=O)NC2=O)c1N. The van der Waals surface area contributed by atoms with Gasteiger partial charge in [0.25, 0.3) is 0 Å². The summed E-state index contributed by atoms with van der Waals surface area (Å²) in [5, 5.41) is 2.11. The fraction of sp³-hybridized carbons (Fsp3) is 0.385. The van der Waals surface area contributed by atoms with E-state index in [9.17, 15) is 18.0 Å². The first-order valence-corrected chi connectivity index (χ1v) is 7.92. The number of nitrogens with one attached hydrogen (secondary N) is 2. The molecule has 1 atom stereocenters. The summed E-state index contributed by atoms with van der Waals surface area (Å²) in [6.07, 6.45) is 0.232. The van der Waals surface area contributed by atoms with E-state index in [2.05, 4.69) is 10.0 Å². The van der Waals surface area contributed by atoms with Crippen LogP contribution in [0.1, 0.15) is 24.0 Å². The molecule has 8 heteroatoms. The number of benzene rings is 1. The monoisotopic (exact) mass is 311 g/mol. The van der Waals surface area contributed by atoms with E-state index in [1.54, 1.807) is 26.0 Å². The molecule has 1 unspecified atom stereocenters. The van der Waals surface area contributed by atoms with Gasteiger partial charge in [-0.25, -0.2) is 8.42 Å². The van der Waals surface area contributed by atoms with Gasteiger partial charge in [-0.1, -0.05) is 12.1 Å². The molecule has 1 heterocycles. The number of aryl methyl sites for hydroxylation is 2. The fourth-order valence-electron chi connectivity index (χ4n) is 2.22. The number of anilines is 1. The van der Waals surface area contributed by atoms with Gasteiger partial charge in [0.2, 0.25) is 21.8 Å². The zero-order chi connectivity index (χ0) is 15.8. The van der Waals surface area contributed by atoms with Crippen molar-refractivity contribution in [1.82, 2.24) is 10.0 Å². The molecule has 1 aromatic rings. The third kappa shape index (κ3) is 3.06. The van der Waals surface area contributed by atoms with Crippen LogP contribution in [0.15, 0.2) is 17.0 Å². The Kier molecular flexibility index (Phi) is 4.02. The molecule has 0 aliphatic carbocycles. The van der Waals surface area contributed by atoms with Crippen molar-refractivity contribution in [3.63, 3.8) is 0 Å². The molecule has 0 spiro atoms. The minimum absolute atomic E-state index is 0.0211. The normalized spacial score (nSPS) is 19.4. The topological polar surface area (TPSA) is 118 Å². The molecule has 1 fully saturated rings. The maximum Gasteiger partial charge on any atom is 0.244 e. The van der Waals surface area contributed by atoms with E-state index in [-0.39, 0.29) is 23.4 Å². The number of nitrogen functional groups attached to an aromatic ring is 1. The predicted molar refractivity (Wildman–Crippen MR) is 76.8 cm³/mol. The minimum Gasteiger partial charge on any atom is -0.397 e. The molecule has 2 rings (SSSR count). The van der Waals surface area contributed by atoms with Gasteiger partial charge in [0, 0.05) is 6.42 Å². The predicted octanol–water partition coefficient (Wildman–Crippen LogP) is -0.0309. The lowest BCUT2D eigenvalue weighted by atomic mass is 10.1. The van der Waals surface area contributed by atoms with Crippen LogP contribution in [0.25, 0.3) is 0 Å². The van der Waals surface area contributed by atoms with Crippen molar-refractivity contribution >= 4 is 27.5 Å². The number of imide groups is 1. The molecule has 1 aliphatic rings. The Hall–Kier alpha value is -1.93. The number of hydrogen-bond acceptors (Lipinski definition) is 5. The van der Waals surface area contributed by atoms with Crippen molar-refractivity contribution in [2.45, 2.75) is 37.6 Å². The molecule has 21 heavy (non-hydrogen) atoms. The lowest BCUT2D eigenvalue weighted by Crippen LogP contribution is -2.52. The van der Waals surface area contributed by atoms with Crippen LogP contribution in [0.2, 0.25) is 0 Å². The summed E-state index contributed by atoms with van der Waals surface area (Å²) < 4.78 is 27.2. The summed E-state index contributed by atoms with van der Waals surface area (Å²) in [6, 6.07) is 2.42. The second-order valence-corrected chi connectivity index (χ2v) is 6.72. The number of piperidine rings is 1. The molecule has 114 valence electrons. The van der Waals surface area contributed by atoms with Gasteiger partial charge in [-0.2, -0.15) is 4.72 Å². The first-order chi connectivity index (χ1) is 9.72. The van der Waals surface area contributed by atoms with Crippen LogP contribution in [-0.4, -0.2) is 26.3 Å². The molecular weight excluding hydrogens is 294 g/mol. The van der Waals surface area contributed by atoms with Gasteiger partial charge in [-0.05, 0) is 31.4 Å². The summed E-state index contributed by atoms with van der Waals surface area (Å²) in [5.41, 5.74) is 7.16. The van der Waals surface area contributed by atoms with E-state index in [0.29, 0.717) is 11.1 Å².